The minimum absolute atomic E-state index is 0.167. The Kier molecular flexibility index (Phi) is 4.41. The molecule has 1 fully saturated rings. The predicted molar refractivity (Wildman–Crippen MR) is 106 cm³/mol. The molecule has 2 aromatic carbocycles. The summed E-state index contributed by atoms with van der Waals surface area (Å²) in [4.78, 5) is 42.0. The van der Waals surface area contributed by atoms with Gasteiger partial charge in [-0.1, -0.05) is 12.1 Å². The molecular formula is C21H21N3O5. The topological polar surface area (TPSA) is 88.2 Å². The summed E-state index contributed by atoms with van der Waals surface area (Å²) >= 11 is 0. The minimum atomic E-state index is -1.43. The van der Waals surface area contributed by atoms with Gasteiger partial charge in [0.25, 0.3) is 11.8 Å². The molecule has 0 aliphatic carbocycles. The number of fused-ring (bicyclic) bond motifs is 3. The number of nitrogens with one attached hydrogen (secondary N) is 1. The van der Waals surface area contributed by atoms with Crippen molar-refractivity contribution in [1.29, 1.82) is 0 Å². The third-order valence-corrected chi connectivity index (χ3v) is 5.51. The molecule has 2 aliphatic heterocycles. The van der Waals surface area contributed by atoms with Crippen molar-refractivity contribution in [2.45, 2.75) is 18.5 Å². The fourth-order valence-corrected chi connectivity index (χ4v) is 4.04. The van der Waals surface area contributed by atoms with Crippen molar-refractivity contribution in [1.82, 2.24) is 4.90 Å². The summed E-state index contributed by atoms with van der Waals surface area (Å²) in [6.07, 6.45) is 0.371. The lowest BCUT2D eigenvalue weighted by Gasteiger charge is -2.47. The van der Waals surface area contributed by atoms with Gasteiger partial charge in [-0.2, -0.15) is 0 Å². The Morgan fingerprint density at radius 2 is 1.72 bits per heavy atom. The first kappa shape index (κ1) is 18.8. The maximum atomic E-state index is 13.5. The molecule has 150 valence electrons. The zero-order chi connectivity index (χ0) is 20.8. The fourth-order valence-electron chi connectivity index (χ4n) is 4.04. The number of benzene rings is 2. The van der Waals surface area contributed by atoms with Crippen molar-refractivity contribution in [2.24, 2.45) is 0 Å². The standard InChI is InChI=1S/C21H21N3O5/c1-23-19(26)16-6-4-5-7-17(16)24-18(25)8-9-21(23,24)20(27)22-13-10-14(28-2)12-15(11-13)29-3/h4-7,10-12H,8-9H2,1-3H3,(H,22,27)/t21-/m1/s1. The molecule has 8 heteroatoms. The second kappa shape index (κ2) is 6.80. The number of likely N-dealkylation sites (N-methyl/N-ethyl adjacent to an activating group) is 1. The van der Waals surface area contributed by atoms with Crippen molar-refractivity contribution in [3.63, 3.8) is 0 Å². The minimum Gasteiger partial charge on any atom is -0.497 e. The Labute approximate surface area is 168 Å². The van der Waals surface area contributed by atoms with Crippen LogP contribution in [0.15, 0.2) is 42.5 Å². The molecule has 2 aromatic rings. The van der Waals surface area contributed by atoms with Crippen molar-refractivity contribution < 1.29 is 23.9 Å². The molecule has 1 N–H and O–H groups in total. The zero-order valence-electron chi connectivity index (χ0n) is 16.4. The number of carbonyl (C=O) groups is 3. The molecule has 0 unspecified atom stereocenters. The van der Waals surface area contributed by atoms with E-state index in [0.717, 1.165) is 0 Å². The van der Waals surface area contributed by atoms with E-state index >= 15 is 0 Å². The average molecular weight is 395 g/mol. The quantitative estimate of drug-likeness (QED) is 0.858. The van der Waals surface area contributed by atoms with Gasteiger partial charge in [0.05, 0.1) is 25.5 Å². The molecule has 0 bridgehead atoms. The number of hydrogen-bond donors (Lipinski definition) is 1. The zero-order valence-corrected chi connectivity index (χ0v) is 16.4. The van der Waals surface area contributed by atoms with E-state index in [1.807, 2.05) is 0 Å². The Hall–Kier alpha value is -3.55. The van der Waals surface area contributed by atoms with Gasteiger partial charge in [-0.25, -0.2) is 0 Å². The monoisotopic (exact) mass is 395 g/mol. The Bertz CT molecular complexity index is 999. The molecule has 4 rings (SSSR count). The number of carbonyl (C=O) groups excluding carboxylic acids is 3. The van der Waals surface area contributed by atoms with E-state index in [1.54, 1.807) is 49.5 Å². The molecule has 3 amide bonds. The van der Waals surface area contributed by atoms with Gasteiger partial charge in [0, 0.05) is 43.8 Å². The summed E-state index contributed by atoms with van der Waals surface area (Å²) in [6, 6.07) is 11.8. The number of nitrogens with zero attached hydrogens (tertiary/aromatic N) is 2. The Balaban J connectivity index is 1.78. The van der Waals surface area contributed by atoms with E-state index in [0.29, 0.717) is 28.4 Å². The van der Waals surface area contributed by atoms with Gasteiger partial charge >= 0.3 is 0 Å². The summed E-state index contributed by atoms with van der Waals surface area (Å²) in [7, 11) is 4.58. The number of para-hydroxylation sites is 1. The van der Waals surface area contributed by atoms with Crippen LogP contribution < -0.4 is 19.7 Å². The van der Waals surface area contributed by atoms with E-state index < -0.39 is 11.6 Å². The normalized spacial score (nSPS) is 20.2. The Morgan fingerprint density at radius 3 is 2.38 bits per heavy atom. The first-order valence-electron chi connectivity index (χ1n) is 9.17. The molecule has 8 nitrogen and oxygen atoms in total. The van der Waals surface area contributed by atoms with E-state index in [1.165, 1.54) is 24.0 Å². The summed E-state index contributed by atoms with van der Waals surface area (Å²) < 4.78 is 10.5. The van der Waals surface area contributed by atoms with Crippen molar-refractivity contribution in [2.75, 3.05) is 31.5 Å². The van der Waals surface area contributed by atoms with Crippen LogP contribution in [-0.4, -0.2) is 49.6 Å². The lowest BCUT2D eigenvalue weighted by Crippen LogP contribution is -2.68. The lowest BCUT2D eigenvalue weighted by molar-refractivity contribution is -0.128. The van der Waals surface area contributed by atoms with Gasteiger partial charge in [-0.3, -0.25) is 19.3 Å². The number of hydrogen-bond acceptors (Lipinski definition) is 5. The molecule has 0 radical (unpaired) electrons. The first-order chi connectivity index (χ1) is 13.9. The van der Waals surface area contributed by atoms with Crippen LogP contribution in [0.5, 0.6) is 11.5 Å². The van der Waals surface area contributed by atoms with Crippen molar-refractivity contribution in [3.05, 3.63) is 48.0 Å². The van der Waals surface area contributed by atoms with Crippen LogP contribution in [0.2, 0.25) is 0 Å². The van der Waals surface area contributed by atoms with Crippen LogP contribution in [-0.2, 0) is 9.59 Å². The number of rotatable bonds is 4. The molecule has 1 saturated heterocycles. The van der Waals surface area contributed by atoms with Gasteiger partial charge in [0.15, 0.2) is 0 Å². The first-order valence-corrected chi connectivity index (χ1v) is 9.17. The number of ether oxygens (including phenoxy) is 2. The lowest BCUT2D eigenvalue weighted by atomic mass is 9.96. The fraction of sp³-hybridized carbons (Fsp3) is 0.286. The number of anilines is 2. The summed E-state index contributed by atoms with van der Waals surface area (Å²) in [5, 5.41) is 2.84. The maximum Gasteiger partial charge on any atom is 0.271 e. The third kappa shape index (κ3) is 2.71. The molecule has 0 aromatic heterocycles. The number of amides is 3. The molecule has 2 aliphatic rings. The van der Waals surface area contributed by atoms with Gasteiger partial charge < -0.3 is 19.7 Å². The molecule has 0 spiro atoms. The largest absolute Gasteiger partial charge is 0.497 e. The van der Waals surface area contributed by atoms with Crippen LogP contribution in [0.1, 0.15) is 23.2 Å². The van der Waals surface area contributed by atoms with Gasteiger partial charge in [0.1, 0.15) is 11.5 Å². The smallest absolute Gasteiger partial charge is 0.271 e. The summed E-state index contributed by atoms with van der Waals surface area (Å²) in [5.74, 6) is 0.0500. The molecule has 2 heterocycles. The summed E-state index contributed by atoms with van der Waals surface area (Å²) in [6.45, 7) is 0. The van der Waals surface area contributed by atoms with Crippen molar-refractivity contribution >= 4 is 29.1 Å². The van der Waals surface area contributed by atoms with Crippen LogP contribution in [0.25, 0.3) is 0 Å². The van der Waals surface area contributed by atoms with Crippen LogP contribution in [0.4, 0.5) is 11.4 Å². The third-order valence-electron chi connectivity index (χ3n) is 5.51. The number of methoxy groups -OCH3 is 2. The maximum absolute atomic E-state index is 13.5. The average Bonchev–Trinajstić information content (AvgIpc) is 3.10. The van der Waals surface area contributed by atoms with Gasteiger partial charge in [-0.15, -0.1) is 0 Å². The predicted octanol–water partition coefficient (Wildman–Crippen LogP) is 2.25. The van der Waals surface area contributed by atoms with Crippen LogP contribution in [0, 0.1) is 0 Å². The van der Waals surface area contributed by atoms with Gasteiger partial charge in [0.2, 0.25) is 11.6 Å². The molecule has 29 heavy (non-hydrogen) atoms. The molecule has 0 saturated carbocycles. The highest BCUT2D eigenvalue weighted by atomic mass is 16.5. The summed E-state index contributed by atoms with van der Waals surface area (Å²) in [5.41, 5.74) is -0.133. The van der Waals surface area contributed by atoms with Crippen LogP contribution >= 0.6 is 0 Å². The highest BCUT2D eigenvalue weighted by Gasteiger charge is 2.59. The molecule has 1 atom stereocenters. The van der Waals surface area contributed by atoms with Crippen LogP contribution in [0.3, 0.4) is 0 Å². The van der Waals surface area contributed by atoms with Gasteiger partial charge in [-0.05, 0) is 12.1 Å². The van der Waals surface area contributed by atoms with E-state index in [4.69, 9.17) is 9.47 Å². The SMILES string of the molecule is COc1cc(NC(=O)[C@@]23CCC(=O)N2c2ccccc2C(=O)N3C)cc(OC)c1. The van der Waals surface area contributed by atoms with E-state index in [2.05, 4.69) is 5.32 Å². The second-order valence-corrected chi connectivity index (χ2v) is 6.98. The van der Waals surface area contributed by atoms with E-state index in [9.17, 15) is 14.4 Å². The van der Waals surface area contributed by atoms with E-state index in [-0.39, 0.29) is 24.7 Å². The highest BCUT2D eigenvalue weighted by molar-refractivity contribution is 6.18. The van der Waals surface area contributed by atoms with Crippen molar-refractivity contribution in [3.8, 4) is 11.5 Å². The second-order valence-electron chi connectivity index (χ2n) is 6.98. The Morgan fingerprint density at radius 1 is 1.07 bits per heavy atom. The highest BCUT2D eigenvalue weighted by Crippen LogP contribution is 2.44. The molecular weight excluding hydrogens is 374 g/mol.